The minimum atomic E-state index is 0.100. The lowest BCUT2D eigenvalue weighted by Gasteiger charge is -2.22. The van der Waals surface area contributed by atoms with Crippen LogP contribution in [0.4, 0.5) is 5.69 Å². The van der Waals surface area contributed by atoms with E-state index in [9.17, 15) is 0 Å². The van der Waals surface area contributed by atoms with Crippen LogP contribution < -0.4 is 0 Å². The van der Waals surface area contributed by atoms with Crippen molar-refractivity contribution in [2.45, 2.75) is 13.0 Å². The number of aromatic nitrogens is 1. The van der Waals surface area contributed by atoms with Crippen molar-refractivity contribution < 1.29 is 4.70 Å². The van der Waals surface area contributed by atoms with E-state index in [-0.39, 0.29) is 6.04 Å². The number of aryl methyl sites for hydroxylation is 1. The Morgan fingerprint density at radius 3 is 2.40 bits per heavy atom. The predicted molar refractivity (Wildman–Crippen MR) is 119 cm³/mol. The first-order valence-corrected chi connectivity index (χ1v) is 10.2. The molecule has 0 aliphatic carbocycles. The summed E-state index contributed by atoms with van der Waals surface area (Å²) in [5, 5.41) is 5.06. The third kappa shape index (κ3) is 2.49. The van der Waals surface area contributed by atoms with E-state index >= 15 is 0 Å². The molecule has 30 heavy (non-hydrogen) atoms. The zero-order chi connectivity index (χ0) is 20.1. The van der Waals surface area contributed by atoms with Gasteiger partial charge in [-0.1, -0.05) is 71.4 Å². The molecule has 2 aliphatic heterocycles. The maximum absolute atomic E-state index is 5.06. The second-order valence-electron chi connectivity index (χ2n) is 7.76. The molecule has 6 rings (SSSR count). The fourth-order valence-electron chi connectivity index (χ4n) is 4.60. The first-order chi connectivity index (χ1) is 14.8. The zero-order valence-electron chi connectivity index (χ0n) is 16.7. The second-order valence-corrected chi connectivity index (χ2v) is 7.76. The highest BCUT2D eigenvalue weighted by Crippen LogP contribution is 2.51. The first-order valence-electron chi connectivity index (χ1n) is 10.2. The van der Waals surface area contributed by atoms with Gasteiger partial charge in [-0.25, -0.2) is 0 Å². The smallest absolute Gasteiger partial charge is 0.241 e. The van der Waals surface area contributed by atoms with Gasteiger partial charge in [0.25, 0.3) is 0 Å². The Labute approximate surface area is 175 Å². The average molecular weight is 386 g/mol. The Morgan fingerprint density at radius 2 is 1.57 bits per heavy atom. The molecule has 0 spiro atoms. The quantitative estimate of drug-likeness (QED) is 0.343. The van der Waals surface area contributed by atoms with Crippen molar-refractivity contribution in [3.8, 4) is 22.4 Å². The zero-order valence-corrected chi connectivity index (χ0v) is 16.7. The summed E-state index contributed by atoms with van der Waals surface area (Å²) in [5.41, 5.74) is 10.4. The van der Waals surface area contributed by atoms with Gasteiger partial charge in [-0.05, 0) is 30.2 Å². The van der Waals surface area contributed by atoms with Crippen molar-refractivity contribution in [1.29, 1.82) is 0 Å². The maximum Gasteiger partial charge on any atom is 0.241 e. The Hall–Kier alpha value is -3.85. The topological polar surface area (TPSA) is 28.3 Å². The average Bonchev–Trinajstić information content (AvgIpc) is 3.26. The highest BCUT2D eigenvalue weighted by Gasteiger charge is 2.41. The van der Waals surface area contributed by atoms with E-state index in [0.717, 1.165) is 22.6 Å². The molecule has 3 heterocycles. The summed E-state index contributed by atoms with van der Waals surface area (Å²) in [6, 6.07) is 29.7. The largest absolute Gasteiger partial charge is 0.256 e. The number of azo groups is 2. The standard InChI is InChI=1S/C27H20N3/c1-18-14-15-24-27(26(18)22-13-7-8-16-28-22)21-12-6-5-11-20(21)25-17-23(29-30(24)25)19-9-3-2-4-10-19/h2-17,25H,1H3/q+1. The summed E-state index contributed by atoms with van der Waals surface area (Å²) in [7, 11) is 0. The minimum absolute atomic E-state index is 0.100. The predicted octanol–water partition coefficient (Wildman–Crippen LogP) is 6.93. The fraction of sp³-hybridized carbons (Fsp3) is 0.0741. The Morgan fingerprint density at radius 1 is 0.767 bits per heavy atom. The maximum atomic E-state index is 5.06. The van der Waals surface area contributed by atoms with Gasteiger partial charge in [0.15, 0.2) is 0 Å². The van der Waals surface area contributed by atoms with Gasteiger partial charge < -0.3 is 0 Å². The van der Waals surface area contributed by atoms with Crippen LogP contribution in [-0.4, -0.2) is 9.68 Å². The highest BCUT2D eigenvalue weighted by molar-refractivity contribution is 5.93. The lowest BCUT2D eigenvalue weighted by molar-refractivity contribution is -0.536. The molecule has 2 aliphatic rings. The summed E-state index contributed by atoms with van der Waals surface area (Å²) in [5.74, 6) is 0. The fourth-order valence-corrected chi connectivity index (χ4v) is 4.60. The molecule has 142 valence electrons. The molecule has 0 N–H and O–H groups in total. The monoisotopic (exact) mass is 386 g/mol. The number of pyridine rings is 1. The van der Waals surface area contributed by atoms with Crippen LogP contribution in [0.1, 0.15) is 22.7 Å². The van der Waals surface area contributed by atoms with E-state index < -0.39 is 0 Å². The molecular formula is C27H20N3+. The van der Waals surface area contributed by atoms with Gasteiger partial charge in [-0.2, -0.15) is 0 Å². The minimum Gasteiger partial charge on any atom is -0.256 e. The number of benzene rings is 3. The summed E-state index contributed by atoms with van der Waals surface area (Å²) in [4.78, 5) is 4.68. The summed E-state index contributed by atoms with van der Waals surface area (Å²) in [6.45, 7) is 2.16. The number of nitrogens with zero attached hydrogens (tertiary/aromatic N) is 3. The van der Waals surface area contributed by atoms with Crippen LogP contribution in [0.5, 0.6) is 0 Å². The molecule has 3 nitrogen and oxygen atoms in total. The second kappa shape index (κ2) is 6.60. The van der Waals surface area contributed by atoms with Crippen molar-refractivity contribution >= 4 is 11.4 Å². The normalized spacial score (nSPS) is 16.2. The van der Waals surface area contributed by atoms with Crippen LogP contribution in [0, 0.1) is 6.92 Å². The Bertz CT molecular complexity index is 1340. The highest BCUT2D eigenvalue weighted by atomic mass is 15.3. The molecule has 3 heteroatoms. The Balaban J connectivity index is 1.65. The van der Waals surface area contributed by atoms with E-state index in [0.29, 0.717) is 0 Å². The number of hydrogen-bond acceptors (Lipinski definition) is 2. The first kappa shape index (κ1) is 17.0. The van der Waals surface area contributed by atoms with E-state index in [4.69, 9.17) is 5.11 Å². The van der Waals surface area contributed by atoms with Gasteiger partial charge in [0, 0.05) is 40.1 Å². The lowest BCUT2D eigenvalue weighted by Crippen LogP contribution is -2.15. The molecular weight excluding hydrogens is 366 g/mol. The third-order valence-corrected chi connectivity index (χ3v) is 5.97. The molecule has 0 saturated heterocycles. The van der Waals surface area contributed by atoms with Crippen molar-refractivity contribution in [3.63, 3.8) is 0 Å². The van der Waals surface area contributed by atoms with Gasteiger partial charge in [0.05, 0.1) is 11.3 Å². The molecule has 0 amide bonds. The molecule has 0 saturated carbocycles. The summed E-state index contributed by atoms with van der Waals surface area (Å²) >= 11 is 0. The van der Waals surface area contributed by atoms with Gasteiger partial charge in [-0.3, -0.25) is 4.98 Å². The molecule has 4 aromatic rings. The van der Waals surface area contributed by atoms with Gasteiger partial charge in [0.1, 0.15) is 5.70 Å². The van der Waals surface area contributed by atoms with Crippen molar-refractivity contribution in [1.82, 2.24) is 4.98 Å². The van der Waals surface area contributed by atoms with Gasteiger partial charge in [-0.15, -0.1) is 0 Å². The van der Waals surface area contributed by atoms with Crippen LogP contribution >= 0.6 is 0 Å². The van der Waals surface area contributed by atoms with Gasteiger partial charge in [0.2, 0.25) is 11.7 Å². The van der Waals surface area contributed by atoms with Crippen LogP contribution in [0.25, 0.3) is 28.1 Å². The van der Waals surface area contributed by atoms with E-state index in [1.165, 1.54) is 27.8 Å². The molecule has 1 aromatic heterocycles. The molecule has 3 aromatic carbocycles. The molecule has 0 bridgehead atoms. The molecule has 0 radical (unpaired) electrons. The Kier molecular flexibility index (Phi) is 3.75. The SMILES string of the molecule is Cc1ccc2c(c1-c1ccccn1)-c1ccccc1C1C=C(c3ccccc3)N=[N+]21. The van der Waals surface area contributed by atoms with Crippen molar-refractivity contribution in [2.24, 2.45) is 5.11 Å². The van der Waals surface area contributed by atoms with E-state index in [1.807, 2.05) is 24.4 Å². The lowest BCUT2D eigenvalue weighted by atomic mass is 9.84. The van der Waals surface area contributed by atoms with Crippen molar-refractivity contribution in [3.05, 3.63) is 114 Å². The number of hydrogen-bond donors (Lipinski definition) is 0. The molecule has 1 unspecified atom stereocenters. The van der Waals surface area contributed by atoms with Crippen LogP contribution in [0.15, 0.2) is 102 Å². The summed E-state index contributed by atoms with van der Waals surface area (Å²) < 4.78 is 2.17. The number of rotatable bonds is 2. The van der Waals surface area contributed by atoms with Crippen LogP contribution in [0.3, 0.4) is 0 Å². The molecule has 0 fully saturated rings. The van der Waals surface area contributed by atoms with Crippen molar-refractivity contribution in [2.75, 3.05) is 0 Å². The van der Waals surface area contributed by atoms with Crippen LogP contribution in [0.2, 0.25) is 0 Å². The van der Waals surface area contributed by atoms with E-state index in [1.54, 1.807) is 0 Å². The third-order valence-electron chi connectivity index (χ3n) is 5.97. The molecule has 1 atom stereocenters. The van der Waals surface area contributed by atoms with Crippen LogP contribution in [-0.2, 0) is 0 Å². The van der Waals surface area contributed by atoms with E-state index in [2.05, 4.69) is 89.4 Å². The summed E-state index contributed by atoms with van der Waals surface area (Å²) in [6.07, 6.45) is 4.14. The number of fused-ring (bicyclic) bond motifs is 6. The van der Waals surface area contributed by atoms with Gasteiger partial charge >= 0.3 is 0 Å².